The van der Waals surface area contributed by atoms with Crippen LogP contribution in [-0.2, 0) is 16.6 Å². The SMILES string of the molecule is NC(=S)c1cc(S(=O)(=O)NCc2cc(Br)cs2)ccc1F. The minimum atomic E-state index is -3.76. The van der Waals surface area contributed by atoms with Crippen LogP contribution in [0.1, 0.15) is 10.4 Å². The summed E-state index contributed by atoms with van der Waals surface area (Å²) >= 11 is 9.41. The molecule has 0 bridgehead atoms. The lowest BCUT2D eigenvalue weighted by molar-refractivity contribution is 0.580. The summed E-state index contributed by atoms with van der Waals surface area (Å²) in [4.78, 5) is 0.580. The van der Waals surface area contributed by atoms with Gasteiger partial charge in [0.1, 0.15) is 10.8 Å². The topological polar surface area (TPSA) is 72.2 Å². The molecule has 0 amide bonds. The molecule has 9 heteroatoms. The molecule has 112 valence electrons. The average molecular weight is 409 g/mol. The summed E-state index contributed by atoms with van der Waals surface area (Å²) in [6.45, 7) is 0.151. The van der Waals surface area contributed by atoms with E-state index in [1.807, 2.05) is 11.4 Å². The predicted octanol–water partition coefficient (Wildman–Crippen LogP) is 2.76. The van der Waals surface area contributed by atoms with Crippen molar-refractivity contribution in [1.82, 2.24) is 4.72 Å². The van der Waals surface area contributed by atoms with Gasteiger partial charge in [0.2, 0.25) is 10.0 Å². The molecule has 0 saturated heterocycles. The van der Waals surface area contributed by atoms with Gasteiger partial charge in [-0.3, -0.25) is 0 Å². The van der Waals surface area contributed by atoms with Crippen molar-refractivity contribution in [2.45, 2.75) is 11.4 Å². The molecule has 2 rings (SSSR count). The maximum Gasteiger partial charge on any atom is 0.240 e. The van der Waals surface area contributed by atoms with E-state index >= 15 is 0 Å². The molecule has 1 aromatic carbocycles. The van der Waals surface area contributed by atoms with Gasteiger partial charge in [-0.25, -0.2) is 17.5 Å². The standard InChI is InChI=1S/C12H10BrFN2O2S3/c13-7-3-8(20-6-7)5-16-21(17,18)9-1-2-11(14)10(4-9)12(15)19/h1-4,6,16H,5H2,(H2,15,19). The molecule has 0 spiro atoms. The van der Waals surface area contributed by atoms with Gasteiger partial charge in [0.25, 0.3) is 0 Å². The Balaban J connectivity index is 2.23. The molecule has 0 radical (unpaired) electrons. The molecule has 0 aliphatic heterocycles. The van der Waals surface area contributed by atoms with Crippen molar-refractivity contribution in [2.24, 2.45) is 5.73 Å². The lowest BCUT2D eigenvalue weighted by atomic mass is 10.2. The number of hydrogen-bond acceptors (Lipinski definition) is 4. The Morgan fingerprint density at radius 3 is 2.71 bits per heavy atom. The Morgan fingerprint density at radius 1 is 1.43 bits per heavy atom. The van der Waals surface area contributed by atoms with Crippen molar-refractivity contribution in [3.05, 3.63) is 50.4 Å². The van der Waals surface area contributed by atoms with Crippen LogP contribution in [0.25, 0.3) is 0 Å². The van der Waals surface area contributed by atoms with Crippen LogP contribution in [0.2, 0.25) is 0 Å². The molecule has 0 aliphatic rings. The molecule has 0 atom stereocenters. The lowest BCUT2D eigenvalue weighted by Gasteiger charge is -2.08. The third kappa shape index (κ3) is 4.07. The number of rotatable bonds is 5. The molecule has 0 fully saturated rings. The second-order valence-electron chi connectivity index (χ2n) is 4.06. The Hall–Kier alpha value is -0.870. The Kier molecular flexibility index (Phi) is 5.10. The van der Waals surface area contributed by atoms with Gasteiger partial charge in [-0.15, -0.1) is 11.3 Å². The average Bonchev–Trinajstić information content (AvgIpc) is 2.82. The van der Waals surface area contributed by atoms with Gasteiger partial charge in [0.05, 0.1) is 4.90 Å². The van der Waals surface area contributed by atoms with Crippen LogP contribution < -0.4 is 10.5 Å². The van der Waals surface area contributed by atoms with E-state index in [4.69, 9.17) is 18.0 Å². The highest BCUT2D eigenvalue weighted by molar-refractivity contribution is 9.10. The number of halogens is 2. The molecule has 1 heterocycles. The van der Waals surface area contributed by atoms with Crippen LogP contribution in [0.3, 0.4) is 0 Å². The fraction of sp³-hybridized carbons (Fsp3) is 0.0833. The van der Waals surface area contributed by atoms with Crippen LogP contribution in [0.5, 0.6) is 0 Å². The quantitative estimate of drug-likeness (QED) is 0.745. The van der Waals surface area contributed by atoms with Crippen LogP contribution in [0, 0.1) is 5.82 Å². The first-order chi connectivity index (χ1) is 9.79. The number of sulfonamides is 1. The molecule has 3 N–H and O–H groups in total. The molecule has 2 aromatic rings. The van der Waals surface area contributed by atoms with E-state index in [0.717, 1.165) is 21.5 Å². The van der Waals surface area contributed by atoms with Gasteiger partial charge in [0, 0.05) is 26.8 Å². The second-order valence-corrected chi connectivity index (χ2v) is 8.18. The molecular weight excluding hydrogens is 399 g/mol. The van der Waals surface area contributed by atoms with Gasteiger partial charge >= 0.3 is 0 Å². The third-order valence-electron chi connectivity index (χ3n) is 2.57. The predicted molar refractivity (Wildman–Crippen MR) is 88.3 cm³/mol. The van der Waals surface area contributed by atoms with Crippen LogP contribution in [0.4, 0.5) is 4.39 Å². The minimum absolute atomic E-state index is 0.0812. The first-order valence-corrected chi connectivity index (χ1v) is 9.18. The zero-order valence-electron chi connectivity index (χ0n) is 10.5. The summed E-state index contributed by atoms with van der Waals surface area (Å²) < 4.78 is 41.2. The lowest BCUT2D eigenvalue weighted by Crippen LogP contribution is -2.23. The number of nitrogens with two attached hydrogens (primary N) is 1. The van der Waals surface area contributed by atoms with Gasteiger partial charge in [0.15, 0.2) is 0 Å². The smallest absolute Gasteiger partial charge is 0.240 e. The van der Waals surface area contributed by atoms with Crippen LogP contribution in [-0.4, -0.2) is 13.4 Å². The first kappa shape index (κ1) is 16.5. The van der Waals surface area contributed by atoms with E-state index < -0.39 is 15.8 Å². The maximum atomic E-state index is 13.5. The van der Waals surface area contributed by atoms with Crippen molar-refractivity contribution in [2.75, 3.05) is 0 Å². The van der Waals surface area contributed by atoms with E-state index in [1.165, 1.54) is 17.4 Å². The fourth-order valence-corrected chi connectivity index (χ4v) is 4.23. The highest BCUT2D eigenvalue weighted by Gasteiger charge is 2.17. The molecule has 21 heavy (non-hydrogen) atoms. The largest absolute Gasteiger partial charge is 0.389 e. The van der Waals surface area contributed by atoms with Gasteiger partial charge in [-0.1, -0.05) is 12.2 Å². The highest BCUT2D eigenvalue weighted by atomic mass is 79.9. The van der Waals surface area contributed by atoms with E-state index in [1.54, 1.807) is 0 Å². The first-order valence-electron chi connectivity index (χ1n) is 5.61. The zero-order chi connectivity index (χ0) is 15.6. The van der Waals surface area contributed by atoms with Gasteiger partial charge < -0.3 is 5.73 Å². The Morgan fingerprint density at radius 2 is 2.14 bits per heavy atom. The minimum Gasteiger partial charge on any atom is -0.389 e. The van der Waals surface area contributed by atoms with Crippen molar-refractivity contribution < 1.29 is 12.8 Å². The molecule has 1 aromatic heterocycles. The van der Waals surface area contributed by atoms with Crippen molar-refractivity contribution in [3.63, 3.8) is 0 Å². The van der Waals surface area contributed by atoms with Crippen molar-refractivity contribution in [1.29, 1.82) is 0 Å². The molecule has 4 nitrogen and oxygen atoms in total. The fourth-order valence-electron chi connectivity index (χ4n) is 1.56. The summed E-state index contributed by atoms with van der Waals surface area (Å²) in [6.07, 6.45) is 0. The van der Waals surface area contributed by atoms with Crippen LogP contribution >= 0.6 is 39.5 Å². The molecule has 0 aliphatic carbocycles. The number of thiocarbonyl (C=S) groups is 1. The number of hydrogen-bond donors (Lipinski definition) is 2. The van der Waals surface area contributed by atoms with E-state index in [2.05, 4.69) is 20.7 Å². The van der Waals surface area contributed by atoms with E-state index in [0.29, 0.717) is 0 Å². The maximum absolute atomic E-state index is 13.5. The zero-order valence-corrected chi connectivity index (χ0v) is 14.5. The summed E-state index contributed by atoms with van der Waals surface area (Å²) in [7, 11) is -3.76. The summed E-state index contributed by atoms with van der Waals surface area (Å²) in [5.41, 5.74) is 5.28. The Labute approximate surface area is 139 Å². The molecule has 0 saturated carbocycles. The van der Waals surface area contributed by atoms with Gasteiger partial charge in [-0.05, 0) is 40.2 Å². The molecular formula is C12H10BrFN2O2S3. The van der Waals surface area contributed by atoms with E-state index in [9.17, 15) is 12.8 Å². The highest BCUT2D eigenvalue weighted by Crippen LogP contribution is 2.20. The summed E-state index contributed by atoms with van der Waals surface area (Å²) in [5, 5.41) is 1.85. The van der Waals surface area contributed by atoms with E-state index in [-0.39, 0.29) is 22.0 Å². The third-order valence-corrected chi connectivity index (χ3v) is 5.89. The van der Waals surface area contributed by atoms with Crippen molar-refractivity contribution >= 4 is 54.5 Å². The van der Waals surface area contributed by atoms with Crippen molar-refractivity contribution in [3.8, 4) is 0 Å². The Bertz CT molecular complexity index is 790. The van der Waals surface area contributed by atoms with Gasteiger partial charge in [-0.2, -0.15) is 0 Å². The monoisotopic (exact) mass is 408 g/mol. The summed E-state index contributed by atoms with van der Waals surface area (Å²) in [5.74, 6) is -0.649. The molecule has 0 unspecified atom stereocenters. The number of nitrogens with one attached hydrogen (secondary N) is 1. The normalized spacial score (nSPS) is 11.5. The number of thiophene rings is 1. The van der Waals surface area contributed by atoms with Crippen LogP contribution in [0.15, 0.2) is 39.0 Å². The summed E-state index contributed by atoms with van der Waals surface area (Å²) in [6, 6.07) is 5.15. The second kappa shape index (κ2) is 6.49. The number of benzene rings is 1.